The molecule has 1 saturated carbocycles. The van der Waals surface area contributed by atoms with Crippen LogP contribution in [0.1, 0.15) is 37.4 Å². The zero-order valence-electron chi connectivity index (χ0n) is 16.6. The first-order chi connectivity index (χ1) is 14.6. The highest BCUT2D eigenvalue weighted by molar-refractivity contribution is 7.99. The van der Waals surface area contributed by atoms with Gasteiger partial charge in [-0.15, -0.1) is 10.2 Å². The van der Waals surface area contributed by atoms with Crippen LogP contribution >= 0.6 is 23.4 Å². The van der Waals surface area contributed by atoms with Crippen LogP contribution in [0, 0.1) is 0 Å². The minimum absolute atomic E-state index is 0.140. The van der Waals surface area contributed by atoms with Gasteiger partial charge in [-0.3, -0.25) is 4.79 Å². The molecule has 7 heteroatoms. The van der Waals surface area contributed by atoms with E-state index in [-0.39, 0.29) is 5.56 Å². The van der Waals surface area contributed by atoms with Gasteiger partial charge in [-0.05, 0) is 48.4 Å². The fourth-order valence-electron chi connectivity index (χ4n) is 4.28. The van der Waals surface area contributed by atoms with Crippen molar-refractivity contribution in [2.45, 2.75) is 41.7 Å². The number of aromatic amines is 1. The number of aromatic nitrogens is 4. The third-order valence-corrected chi connectivity index (χ3v) is 7.14. The van der Waals surface area contributed by atoms with Crippen LogP contribution in [0.15, 0.2) is 63.4 Å². The molecule has 2 aromatic heterocycles. The van der Waals surface area contributed by atoms with Crippen molar-refractivity contribution in [1.29, 1.82) is 0 Å². The maximum Gasteiger partial charge on any atom is 0.263 e. The van der Waals surface area contributed by atoms with Crippen LogP contribution < -0.4 is 5.56 Å². The summed E-state index contributed by atoms with van der Waals surface area (Å²) in [6, 6.07) is 15.5. The van der Waals surface area contributed by atoms with E-state index in [9.17, 15) is 4.79 Å². The maximum atomic E-state index is 13.1. The van der Waals surface area contributed by atoms with Gasteiger partial charge in [0, 0.05) is 34.5 Å². The first-order valence-corrected chi connectivity index (χ1v) is 11.3. The van der Waals surface area contributed by atoms with E-state index < -0.39 is 0 Å². The Bertz CT molecular complexity index is 1280. The molecule has 0 spiro atoms. The Morgan fingerprint density at radius 3 is 2.63 bits per heavy atom. The molecule has 5 rings (SSSR count). The highest BCUT2D eigenvalue weighted by Crippen LogP contribution is 2.39. The second kappa shape index (κ2) is 7.93. The summed E-state index contributed by atoms with van der Waals surface area (Å²) in [5, 5.41) is 11.2. The molecule has 0 amide bonds. The molecule has 2 heterocycles. The minimum Gasteiger partial charge on any atom is -0.321 e. The molecule has 152 valence electrons. The molecule has 4 aromatic rings. The quantitative estimate of drug-likeness (QED) is 0.440. The highest BCUT2D eigenvalue weighted by Gasteiger charge is 2.25. The Kier molecular flexibility index (Phi) is 5.13. The van der Waals surface area contributed by atoms with Crippen LogP contribution in [0.3, 0.4) is 0 Å². The molecular weight excluding hydrogens is 416 g/mol. The van der Waals surface area contributed by atoms with Gasteiger partial charge in [0.2, 0.25) is 0 Å². The summed E-state index contributed by atoms with van der Waals surface area (Å²) < 4.78 is 2.04. The number of fused-ring (bicyclic) bond motifs is 1. The van der Waals surface area contributed by atoms with Crippen molar-refractivity contribution in [3.05, 3.63) is 69.7 Å². The van der Waals surface area contributed by atoms with Gasteiger partial charge >= 0.3 is 0 Å². The second-order valence-electron chi connectivity index (χ2n) is 7.70. The number of hydrogen-bond acceptors (Lipinski definition) is 4. The molecule has 0 radical (unpaired) electrons. The number of halogens is 1. The van der Waals surface area contributed by atoms with E-state index in [1.807, 2.05) is 54.1 Å². The van der Waals surface area contributed by atoms with E-state index in [1.54, 1.807) is 6.07 Å². The zero-order valence-corrected chi connectivity index (χ0v) is 18.1. The molecule has 2 aromatic carbocycles. The van der Waals surface area contributed by atoms with E-state index in [2.05, 4.69) is 15.2 Å². The molecule has 1 fully saturated rings. The first-order valence-electron chi connectivity index (χ1n) is 10.1. The van der Waals surface area contributed by atoms with Gasteiger partial charge in [-0.25, -0.2) is 0 Å². The topological polar surface area (TPSA) is 63.6 Å². The van der Waals surface area contributed by atoms with Crippen LogP contribution in [-0.2, 0) is 7.05 Å². The fourth-order valence-corrected chi connectivity index (χ4v) is 5.42. The predicted octanol–water partition coefficient (Wildman–Crippen LogP) is 5.79. The summed E-state index contributed by atoms with van der Waals surface area (Å²) in [5.74, 6) is 1.47. The maximum absolute atomic E-state index is 13.1. The number of rotatable bonds is 4. The third-order valence-electron chi connectivity index (χ3n) is 5.78. The lowest BCUT2D eigenvalue weighted by Crippen LogP contribution is -2.11. The normalized spacial score (nSPS) is 14.6. The molecule has 5 nitrogen and oxygen atoms in total. The number of nitrogens with zero attached hydrogens (tertiary/aromatic N) is 3. The monoisotopic (exact) mass is 436 g/mol. The number of hydrogen-bond donors (Lipinski definition) is 1. The Morgan fingerprint density at radius 2 is 1.87 bits per heavy atom. The van der Waals surface area contributed by atoms with Crippen molar-refractivity contribution in [1.82, 2.24) is 19.7 Å². The summed E-state index contributed by atoms with van der Waals surface area (Å²) in [6.07, 6.45) is 4.79. The highest BCUT2D eigenvalue weighted by atomic mass is 35.5. The minimum atomic E-state index is -0.140. The zero-order chi connectivity index (χ0) is 20.7. The van der Waals surface area contributed by atoms with Crippen LogP contribution in [0.2, 0.25) is 5.02 Å². The van der Waals surface area contributed by atoms with Crippen molar-refractivity contribution in [2.75, 3.05) is 0 Å². The molecule has 30 heavy (non-hydrogen) atoms. The van der Waals surface area contributed by atoms with E-state index >= 15 is 0 Å². The van der Waals surface area contributed by atoms with E-state index in [0.717, 1.165) is 45.9 Å². The molecule has 1 aliphatic carbocycles. The standard InChI is InChI=1S/C23H21ClN4OS/c1-28-21(15-9-5-6-10-15)26-27-23(28)30-20-19(14-7-3-2-4-8-14)17-13-16(24)11-12-18(17)25-22(20)29/h2-4,7-8,11-13,15H,5-6,9-10H2,1H3,(H,25,29). The number of nitrogens with one attached hydrogen (secondary N) is 1. The smallest absolute Gasteiger partial charge is 0.263 e. The van der Waals surface area contributed by atoms with Crippen molar-refractivity contribution in [3.63, 3.8) is 0 Å². The number of pyridine rings is 1. The van der Waals surface area contributed by atoms with Crippen molar-refractivity contribution < 1.29 is 0 Å². The Morgan fingerprint density at radius 1 is 1.10 bits per heavy atom. The molecule has 0 bridgehead atoms. The second-order valence-corrected chi connectivity index (χ2v) is 9.11. The lowest BCUT2D eigenvalue weighted by molar-refractivity contribution is 0.616. The molecule has 1 N–H and O–H groups in total. The van der Waals surface area contributed by atoms with Crippen LogP contribution in [0.4, 0.5) is 0 Å². The SMILES string of the molecule is Cn1c(Sc2c(-c3ccccc3)c3cc(Cl)ccc3[nH]c2=O)nnc1C1CCCC1. The van der Waals surface area contributed by atoms with E-state index in [0.29, 0.717) is 15.8 Å². The molecule has 0 aliphatic heterocycles. The number of benzene rings is 2. The molecular formula is C23H21ClN4OS. The largest absolute Gasteiger partial charge is 0.321 e. The Balaban J connectivity index is 1.68. The number of H-pyrrole nitrogens is 1. The Labute approximate surface area is 183 Å². The van der Waals surface area contributed by atoms with Crippen LogP contribution in [-0.4, -0.2) is 19.7 Å². The average Bonchev–Trinajstić information content (AvgIpc) is 3.40. The summed E-state index contributed by atoms with van der Waals surface area (Å²) in [5.41, 5.74) is 2.46. The summed E-state index contributed by atoms with van der Waals surface area (Å²) in [6.45, 7) is 0. The summed E-state index contributed by atoms with van der Waals surface area (Å²) >= 11 is 7.67. The van der Waals surface area contributed by atoms with Gasteiger partial charge in [0.25, 0.3) is 5.56 Å². The lowest BCUT2D eigenvalue weighted by Gasteiger charge is -2.13. The first kappa shape index (κ1) is 19.4. The van der Waals surface area contributed by atoms with Crippen molar-refractivity contribution in [3.8, 4) is 11.1 Å². The Hall–Kier alpha value is -2.57. The van der Waals surface area contributed by atoms with Gasteiger partial charge in [-0.1, -0.05) is 54.8 Å². The van der Waals surface area contributed by atoms with Crippen molar-refractivity contribution >= 4 is 34.3 Å². The van der Waals surface area contributed by atoms with Crippen LogP contribution in [0.5, 0.6) is 0 Å². The average molecular weight is 437 g/mol. The van der Waals surface area contributed by atoms with Crippen LogP contribution in [0.25, 0.3) is 22.0 Å². The van der Waals surface area contributed by atoms with Gasteiger partial charge in [-0.2, -0.15) is 0 Å². The predicted molar refractivity (Wildman–Crippen MR) is 121 cm³/mol. The van der Waals surface area contributed by atoms with E-state index in [1.165, 1.54) is 24.6 Å². The molecule has 0 unspecified atom stereocenters. The summed E-state index contributed by atoms with van der Waals surface area (Å²) in [4.78, 5) is 16.7. The summed E-state index contributed by atoms with van der Waals surface area (Å²) in [7, 11) is 1.99. The fraction of sp³-hybridized carbons (Fsp3) is 0.261. The third kappa shape index (κ3) is 3.44. The van der Waals surface area contributed by atoms with E-state index in [4.69, 9.17) is 11.6 Å². The van der Waals surface area contributed by atoms with Gasteiger partial charge < -0.3 is 9.55 Å². The molecule has 1 aliphatic rings. The lowest BCUT2D eigenvalue weighted by atomic mass is 10.0. The van der Waals surface area contributed by atoms with Gasteiger partial charge in [0.05, 0.1) is 4.90 Å². The molecule has 0 atom stereocenters. The van der Waals surface area contributed by atoms with Gasteiger partial charge in [0.15, 0.2) is 5.16 Å². The molecule has 0 saturated heterocycles. The van der Waals surface area contributed by atoms with Crippen molar-refractivity contribution in [2.24, 2.45) is 7.05 Å². The van der Waals surface area contributed by atoms with Gasteiger partial charge in [0.1, 0.15) is 5.82 Å².